The number of nitrogens with two attached hydrogens (primary N) is 1. The molecule has 0 spiro atoms. The van der Waals surface area contributed by atoms with E-state index in [0.29, 0.717) is 6.61 Å². The molecule has 0 saturated carbocycles. The van der Waals surface area contributed by atoms with Gasteiger partial charge in [0.15, 0.2) is 0 Å². The van der Waals surface area contributed by atoms with Crippen molar-refractivity contribution in [3.63, 3.8) is 0 Å². The number of aliphatic hydroxyl groups excluding tert-OH is 1. The molecule has 3 nitrogen and oxygen atoms in total. The van der Waals surface area contributed by atoms with Crippen LogP contribution in [-0.2, 0) is 11.2 Å². The highest BCUT2D eigenvalue weighted by Gasteiger charge is 2.22. The van der Waals surface area contributed by atoms with Crippen molar-refractivity contribution in [3.8, 4) is 0 Å². The molecule has 3 atom stereocenters. The molecule has 1 aliphatic heterocycles. The first kappa shape index (κ1) is 13.5. The summed E-state index contributed by atoms with van der Waals surface area (Å²) in [4.78, 5) is 0. The Bertz CT molecular complexity index is 342. The minimum Gasteiger partial charge on any atom is -0.393 e. The van der Waals surface area contributed by atoms with Gasteiger partial charge < -0.3 is 15.6 Å². The highest BCUT2D eigenvalue weighted by atomic mass is 16.5. The highest BCUT2D eigenvalue weighted by molar-refractivity contribution is 5.14. The minimum atomic E-state index is -0.204. The van der Waals surface area contributed by atoms with E-state index < -0.39 is 0 Å². The van der Waals surface area contributed by atoms with E-state index in [9.17, 15) is 5.11 Å². The van der Waals surface area contributed by atoms with Crippen LogP contribution in [0.2, 0.25) is 0 Å². The molecule has 0 amide bonds. The first-order valence-electron chi connectivity index (χ1n) is 6.83. The Kier molecular flexibility index (Phi) is 5.17. The Labute approximate surface area is 109 Å². The maximum atomic E-state index is 9.58. The van der Waals surface area contributed by atoms with E-state index in [1.54, 1.807) is 0 Å². The number of aryl methyl sites for hydroxylation is 1. The van der Waals surface area contributed by atoms with Gasteiger partial charge in [-0.15, -0.1) is 0 Å². The molecule has 18 heavy (non-hydrogen) atoms. The average Bonchev–Trinajstić information content (AvgIpc) is 2.38. The van der Waals surface area contributed by atoms with E-state index >= 15 is 0 Å². The monoisotopic (exact) mass is 249 g/mol. The Hall–Kier alpha value is -0.900. The van der Waals surface area contributed by atoms with Crippen molar-refractivity contribution in [3.05, 3.63) is 35.9 Å². The van der Waals surface area contributed by atoms with Crippen molar-refractivity contribution in [2.75, 3.05) is 6.61 Å². The zero-order chi connectivity index (χ0) is 12.8. The molecular formula is C15H23NO2. The largest absolute Gasteiger partial charge is 0.393 e. The van der Waals surface area contributed by atoms with Gasteiger partial charge in [0.25, 0.3) is 0 Å². The molecule has 2 rings (SSSR count). The van der Waals surface area contributed by atoms with Crippen LogP contribution in [0.1, 0.15) is 31.2 Å². The van der Waals surface area contributed by atoms with Crippen LogP contribution in [0, 0.1) is 0 Å². The first-order chi connectivity index (χ1) is 8.74. The third-order valence-corrected chi connectivity index (χ3v) is 3.55. The third kappa shape index (κ3) is 4.41. The molecule has 0 bridgehead atoms. The Morgan fingerprint density at radius 2 is 2.11 bits per heavy atom. The third-order valence-electron chi connectivity index (χ3n) is 3.55. The number of ether oxygens (including phenoxy) is 1. The van der Waals surface area contributed by atoms with Gasteiger partial charge in [-0.3, -0.25) is 0 Å². The molecule has 1 aromatic rings. The molecule has 1 saturated heterocycles. The van der Waals surface area contributed by atoms with Crippen molar-refractivity contribution >= 4 is 0 Å². The zero-order valence-electron chi connectivity index (χ0n) is 10.8. The van der Waals surface area contributed by atoms with Gasteiger partial charge in [-0.1, -0.05) is 30.3 Å². The van der Waals surface area contributed by atoms with E-state index in [0.717, 1.165) is 32.1 Å². The molecule has 3 N–H and O–H groups in total. The van der Waals surface area contributed by atoms with Crippen LogP contribution in [0.15, 0.2) is 30.3 Å². The fraction of sp³-hybridized carbons (Fsp3) is 0.600. The topological polar surface area (TPSA) is 55.5 Å². The maximum absolute atomic E-state index is 9.58. The second-order valence-corrected chi connectivity index (χ2v) is 5.19. The van der Waals surface area contributed by atoms with E-state index in [-0.39, 0.29) is 18.2 Å². The summed E-state index contributed by atoms with van der Waals surface area (Å²) in [5, 5.41) is 9.58. The van der Waals surface area contributed by atoms with Gasteiger partial charge in [-0.2, -0.15) is 0 Å². The van der Waals surface area contributed by atoms with Crippen LogP contribution in [0.4, 0.5) is 0 Å². The summed E-state index contributed by atoms with van der Waals surface area (Å²) in [6.45, 7) is 0.664. The van der Waals surface area contributed by atoms with Crippen molar-refractivity contribution in [1.29, 1.82) is 0 Å². The molecule has 1 aliphatic rings. The van der Waals surface area contributed by atoms with Gasteiger partial charge in [0.05, 0.1) is 12.2 Å². The smallest absolute Gasteiger partial charge is 0.0614 e. The van der Waals surface area contributed by atoms with Crippen LogP contribution in [0.3, 0.4) is 0 Å². The van der Waals surface area contributed by atoms with E-state index in [4.69, 9.17) is 10.5 Å². The number of hydrogen-bond donors (Lipinski definition) is 2. The van der Waals surface area contributed by atoms with Gasteiger partial charge >= 0.3 is 0 Å². The number of benzene rings is 1. The van der Waals surface area contributed by atoms with Crippen LogP contribution in [0.5, 0.6) is 0 Å². The molecule has 0 radical (unpaired) electrons. The van der Waals surface area contributed by atoms with Crippen molar-refractivity contribution in [2.45, 2.75) is 50.4 Å². The molecule has 0 aromatic heterocycles. The summed E-state index contributed by atoms with van der Waals surface area (Å²) < 4.78 is 5.63. The van der Waals surface area contributed by atoms with Gasteiger partial charge in [0, 0.05) is 12.6 Å². The van der Waals surface area contributed by atoms with E-state index in [2.05, 4.69) is 24.3 Å². The summed E-state index contributed by atoms with van der Waals surface area (Å²) >= 11 is 0. The van der Waals surface area contributed by atoms with Crippen LogP contribution < -0.4 is 5.73 Å². The standard InChI is InChI=1S/C15H23NO2/c16-13(7-6-12-4-2-1-3-5-12)10-15-11-14(17)8-9-18-15/h1-5,13-15,17H,6-11,16H2. The molecule has 3 unspecified atom stereocenters. The molecule has 1 aromatic carbocycles. The van der Waals surface area contributed by atoms with Crippen LogP contribution in [0.25, 0.3) is 0 Å². The second-order valence-electron chi connectivity index (χ2n) is 5.19. The molecule has 100 valence electrons. The van der Waals surface area contributed by atoms with Gasteiger partial charge in [0.1, 0.15) is 0 Å². The minimum absolute atomic E-state index is 0.138. The van der Waals surface area contributed by atoms with Gasteiger partial charge in [-0.05, 0) is 37.7 Å². The SMILES string of the molecule is NC(CCc1ccccc1)CC1CC(O)CCO1. The summed E-state index contributed by atoms with van der Waals surface area (Å²) in [5.74, 6) is 0. The average molecular weight is 249 g/mol. The number of hydrogen-bond acceptors (Lipinski definition) is 3. The Morgan fingerprint density at radius 3 is 2.83 bits per heavy atom. The molecule has 3 heteroatoms. The van der Waals surface area contributed by atoms with Crippen molar-refractivity contribution < 1.29 is 9.84 Å². The predicted octanol–water partition coefficient (Wildman–Crippen LogP) is 1.88. The summed E-state index contributed by atoms with van der Waals surface area (Å²) in [7, 11) is 0. The molecular weight excluding hydrogens is 226 g/mol. The lowest BCUT2D eigenvalue weighted by molar-refractivity contribution is -0.0487. The molecule has 1 heterocycles. The normalized spacial score (nSPS) is 25.9. The van der Waals surface area contributed by atoms with Crippen LogP contribution in [-0.4, -0.2) is 30.0 Å². The number of aliphatic hydroxyl groups is 1. The fourth-order valence-corrected chi connectivity index (χ4v) is 2.48. The Morgan fingerprint density at radius 1 is 1.33 bits per heavy atom. The van der Waals surface area contributed by atoms with Crippen LogP contribution >= 0.6 is 0 Å². The quantitative estimate of drug-likeness (QED) is 0.837. The lowest BCUT2D eigenvalue weighted by atomic mass is 9.96. The number of rotatable bonds is 5. The lowest BCUT2D eigenvalue weighted by Gasteiger charge is -2.28. The summed E-state index contributed by atoms with van der Waals surface area (Å²) in [5.41, 5.74) is 7.47. The van der Waals surface area contributed by atoms with Crippen molar-refractivity contribution in [2.24, 2.45) is 5.73 Å². The van der Waals surface area contributed by atoms with Gasteiger partial charge in [-0.25, -0.2) is 0 Å². The van der Waals surface area contributed by atoms with Crippen molar-refractivity contribution in [1.82, 2.24) is 0 Å². The van der Waals surface area contributed by atoms with Gasteiger partial charge in [0.2, 0.25) is 0 Å². The molecule has 1 fully saturated rings. The lowest BCUT2D eigenvalue weighted by Crippen LogP contribution is -2.34. The summed E-state index contributed by atoms with van der Waals surface area (Å²) in [6.07, 6.45) is 4.26. The maximum Gasteiger partial charge on any atom is 0.0614 e. The Balaban J connectivity index is 1.70. The predicted molar refractivity (Wildman–Crippen MR) is 72.3 cm³/mol. The highest BCUT2D eigenvalue weighted by Crippen LogP contribution is 2.18. The first-order valence-corrected chi connectivity index (χ1v) is 6.83. The molecule has 0 aliphatic carbocycles. The van der Waals surface area contributed by atoms with E-state index in [1.807, 2.05) is 6.07 Å². The van der Waals surface area contributed by atoms with E-state index in [1.165, 1.54) is 5.56 Å². The fourth-order valence-electron chi connectivity index (χ4n) is 2.48. The summed E-state index contributed by atoms with van der Waals surface area (Å²) in [6, 6.07) is 10.6. The zero-order valence-corrected chi connectivity index (χ0v) is 10.8. The second kappa shape index (κ2) is 6.88.